The lowest BCUT2D eigenvalue weighted by Crippen LogP contribution is -2.57. The topological polar surface area (TPSA) is 98.9 Å². The van der Waals surface area contributed by atoms with E-state index in [-0.39, 0.29) is 11.5 Å². The van der Waals surface area contributed by atoms with E-state index < -0.39 is 6.04 Å². The summed E-state index contributed by atoms with van der Waals surface area (Å²) in [5.74, 6) is 0.698. The van der Waals surface area contributed by atoms with Gasteiger partial charge in [0.25, 0.3) is 0 Å². The van der Waals surface area contributed by atoms with Crippen LogP contribution in [0.2, 0.25) is 5.02 Å². The largest absolute Gasteiger partial charge is 0.372 e. The van der Waals surface area contributed by atoms with Crippen LogP contribution in [-0.2, 0) is 22.5 Å². The number of hydrogen-bond donors (Lipinski definition) is 3. The average molecular weight is 467 g/mol. The second-order valence-corrected chi connectivity index (χ2v) is 9.53. The molecule has 1 saturated heterocycles. The van der Waals surface area contributed by atoms with E-state index in [2.05, 4.69) is 37.1 Å². The molecule has 0 bridgehead atoms. The Hall–Kier alpha value is -2.94. The Bertz CT molecular complexity index is 1330. The number of aromatic amines is 2. The molecule has 5 rings (SSSR count). The van der Waals surface area contributed by atoms with Crippen molar-refractivity contribution in [3.8, 4) is 0 Å². The van der Waals surface area contributed by atoms with Gasteiger partial charge in [-0.1, -0.05) is 18.5 Å². The molecule has 4 aromatic rings. The summed E-state index contributed by atoms with van der Waals surface area (Å²) in [5, 5.41) is 5.59. The molecule has 3 aromatic heterocycles. The molecule has 33 heavy (non-hydrogen) atoms. The highest BCUT2D eigenvalue weighted by Gasteiger charge is 2.38. The Morgan fingerprint density at radius 3 is 3.00 bits per heavy atom. The number of H-pyrrole nitrogens is 2. The second kappa shape index (κ2) is 8.44. The maximum atomic E-state index is 13.5. The quantitative estimate of drug-likeness (QED) is 0.408. The van der Waals surface area contributed by atoms with E-state index in [0.29, 0.717) is 30.4 Å². The molecule has 0 radical (unpaired) electrons. The summed E-state index contributed by atoms with van der Waals surface area (Å²) < 4.78 is 6.02. The van der Waals surface area contributed by atoms with E-state index in [1.165, 1.54) is 0 Å². The predicted octanol–water partition coefficient (Wildman–Crippen LogP) is 4.27. The van der Waals surface area contributed by atoms with Gasteiger partial charge < -0.3 is 20.0 Å². The van der Waals surface area contributed by atoms with Gasteiger partial charge in [-0.25, -0.2) is 4.98 Å². The number of hydrogen-bond acceptors (Lipinski definition) is 5. The third-order valence-corrected chi connectivity index (χ3v) is 6.31. The van der Waals surface area contributed by atoms with Crippen LogP contribution in [0.1, 0.15) is 32.3 Å². The molecule has 1 fully saturated rings. The van der Waals surface area contributed by atoms with Gasteiger partial charge in [-0.15, -0.1) is 0 Å². The van der Waals surface area contributed by atoms with Crippen molar-refractivity contribution in [2.24, 2.45) is 0 Å². The SMILES string of the molecule is CCc1c[nH]c(CN2CC(C)(C)OC[C@H]2C(=O)Nc2cc(Cl)cc3c2[nH]c2cnccc23)n1. The van der Waals surface area contributed by atoms with E-state index in [4.69, 9.17) is 16.3 Å². The molecule has 0 unspecified atom stereocenters. The number of halogens is 1. The zero-order chi connectivity index (χ0) is 23.2. The molecule has 1 amide bonds. The minimum absolute atomic E-state index is 0.145. The number of morpholine rings is 1. The van der Waals surface area contributed by atoms with Gasteiger partial charge in [0.1, 0.15) is 11.9 Å². The van der Waals surface area contributed by atoms with E-state index in [1.54, 1.807) is 18.5 Å². The molecule has 1 aliphatic heterocycles. The number of ether oxygens (including phenoxy) is 1. The number of imidazole rings is 1. The monoisotopic (exact) mass is 466 g/mol. The number of amides is 1. The minimum atomic E-state index is -0.465. The van der Waals surface area contributed by atoms with Crippen LogP contribution in [0.15, 0.2) is 36.8 Å². The van der Waals surface area contributed by atoms with Gasteiger partial charge in [0.15, 0.2) is 0 Å². The van der Waals surface area contributed by atoms with Crippen LogP contribution in [0, 0.1) is 0 Å². The van der Waals surface area contributed by atoms with E-state index in [0.717, 1.165) is 39.7 Å². The number of aromatic nitrogens is 4. The van der Waals surface area contributed by atoms with Crippen LogP contribution in [0.25, 0.3) is 21.8 Å². The lowest BCUT2D eigenvalue weighted by atomic mass is 10.0. The van der Waals surface area contributed by atoms with Crippen molar-refractivity contribution < 1.29 is 9.53 Å². The maximum absolute atomic E-state index is 13.5. The number of benzene rings is 1. The summed E-state index contributed by atoms with van der Waals surface area (Å²) in [6.07, 6.45) is 6.29. The number of nitrogens with one attached hydrogen (secondary N) is 3. The smallest absolute Gasteiger partial charge is 0.244 e. The van der Waals surface area contributed by atoms with E-state index in [9.17, 15) is 4.79 Å². The van der Waals surface area contributed by atoms with Crippen molar-refractivity contribution in [2.45, 2.75) is 45.4 Å². The number of carbonyl (C=O) groups excluding carboxylic acids is 1. The van der Waals surface area contributed by atoms with Crippen LogP contribution in [-0.4, -0.2) is 55.5 Å². The minimum Gasteiger partial charge on any atom is -0.372 e. The van der Waals surface area contributed by atoms with Crippen molar-refractivity contribution in [1.82, 2.24) is 24.8 Å². The van der Waals surface area contributed by atoms with Gasteiger partial charge in [0, 0.05) is 34.7 Å². The van der Waals surface area contributed by atoms with Crippen LogP contribution in [0.4, 0.5) is 5.69 Å². The molecule has 172 valence electrons. The van der Waals surface area contributed by atoms with Gasteiger partial charge in [0.2, 0.25) is 5.91 Å². The van der Waals surface area contributed by atoms with Gasteiger partial charge in [0.05, 0.1) is 47.4 Å². The van der Waals surface area contributed by atoms with Crippen molar-refractivity contribution >= 4 is 45.0 Å². The first kappa shape index (κ1) is 21.9. The number of pyridine rings is 1. The van der Waals surface area contributed by atoms with Gasteiger partial charge >= 0.3 is 0 Å². The molecular formula is C24H27ClN6O2. The fourth-order valence-corrected chi connectivity index (χ4v) is 4.67. The first-order valence-corrected chi connectivity index (χ1v) is 11.5. The summed E-state index contributed by atoms with van der Waals surface area (Å²) in [5.41, 5.74) is 2.99. The highest BCUT2D eigenvalue weighted by molar-refractivity contribution is 6.33. The Morgan fingerprint density at radius 1 is 1.36 bits per heavy atom. The number of fused-ring (bicyclic) bond motifs is 3. The zero-order valence-electron chi connectivity index (χ0n) is 18.9. The first-order chi connectivity index (χ1) is 15.8. The number of nitrogens with zero attached hydrogens (tertiary/aromatic N) is 3. The third kappa shape index (κ3) is 4.34. The average Bonchev–Trinajstić information content (AvgIpc) is 3.37. The van der Waals surface area contributed by atoms with Crippen LogP contribution in [0.3, 0.4) is 0 Å². The lowest BCUT2D eigenvalue weighted by Gasteiger charge is -2.42. The fourth-order valence-electron chi connectivity index (χ4n) is 4.45. The Kier molecular flexibility index (Phi) is 5.60. The van der Waals surface area contributed by atoms with Gasteiger partial charge in [-0.2, -0.15) is 0 Å². The predicted molar refractivity (Wildman–Crippen MR) is 129 cm³/mol. The molecule has 1 atom stereocenters. The Labute approximate surface area is 196 Å². The Morgan fingerprint density at radius 2 is 2.21 bits per heavy atom. The van der Waals surface area contributed by atoms with E-state index in [1.807, 2.05) is 32.2 Å². The number of rotatable bonds is 5. The second-order valence-electron chi connectivity index (χ2n) is 9.09. The van der Waals surface area contributed by atoms with Crippen LogP contribution >= 0.6 is 11.6 Å². The molecule has 9 heteroatoms. The molecule has 0 aliphatic carbocycles. The number of carbonyl (C=O) groups is 1. The highest BCUT2D eigenvalue weighted by atomic mass is 35.5. The fraction of sp³-hybridized carbons (Fsp3) is 0.375. The highest BCUT2D eigenvalue weighted by Crippen LogP contribution is 2.33. The molecule has 3 N–H and O–H groups in total. The van der Waals surface area contributed by atoms with Crippen molar-refractivity contribution in [3.63, 3.8) is 0 Å². The molecule has 8 nitrogen and oxygen atoms in total. The molecule has 1 aromatic carbocycles. The standard InChI is InChI=1S/C24H27ClN6O2/c1-4-15-9-27-21(28-15)11-31-13-24(2,3)33-12-20(31)23(32)30-18-8-14(25)7-17-16-5-6-26-10-19(16)29-22(17)18/h5-10,20,29H,4,11-13H2,1-3H3,(H,27,28)(H,30,32)/t20-/m0/s1. The summed E-state index contributed by atoms with van der Waals surface area (Å²) in [7, 11) is 0. The number of aryl methyl sites for hydroxylation is 1. The van der Waals surface area contributed by atoms with Crippen LogP contribution < -0.4 is 5.32 Å². The van der Waals surface area contributed by atoms with Crippen molar-refractivity contribution in [1.29, 1.82) is 0 Å². The molecule has 1 aliphatic rings. The molecule has 4 heterocycles. The molecular weight excluding hydrogens is 440 g/mol. The van der Waals surface area contributed by atoms with E-state index >= 15 is 0 Å². The normalized spacial score (nSPS) is 18.7. The summed E-state index contributed by atoms with van der Waals surface area (Å²) in [6, 6.07) is 5.13. The van der Waals surface area contributed by atoms with Crippen LogP contribution in [0.5, 0.6) is 0 Å². The summed E-state index contributed by atoms with van der Waals surface area (Å²) in [4.78, 5) is 31.0. The third-order valence-electron chi connectivity index (χ3n) is 6.09. The molecule has 0 saturated carbocycles. The first-order valence-electron chi connectivity index (χ1n) is 11.1. The summed E-state index contributed by atoms with van der Waals surface area (Å²) >= 11 is 6.41. The Balaban J connectivity index is 1.44. The zero-order valence-corrected chi connectivity index (χ0v) is 19.7. The van der Waals surface area contributed by atoms with Gasteiger partial charge in [-0.05, 0) is 38.5 Å². The van der Waals surface area contributed by atoms with Crippen molar-refractivity contribution in [2.75, 3.05) is 18.5 Å². The summed E-state index contributed by atoms with van der Waals surface area (Å²) in [6.45, 7) is 7.57. The van der Waals surface area contributed by atoms with Crippen molar-refractivity contribution in [3.05, 3.63) is 53.3 Å². The molecule has 0 spiro atoms. The van der Waals surface area contributed by atoms with Gasteiger partial charge in [-0.3, -0.25) is 14.7 Å². The maximum Gasteiger partial charge on any atom is 0.244 e. The number of anilines is 1. The lowest BCUT2D eigenvalue weighted by molar-refractivity contribution is -0.144.